The molecule has 6 heterocycles. The highest BCUT2D eigenvalue weighted by molar-refractivity contribution is 6.06. The van der Waals surface area contributed by atoms with Crippen LogP contribution in [-0.4, -0.2) is 243 Å². The minimum atomic E-state index is -0.613. The van der Waals surface area contributed by atoms with Crippen molar-refractivity contribution in [2.75, 3.05) is 81.7 Å². The number of carbonyl (C=O) groups excluding carboxylic acids is 19. The Morgan fingerprint density at radius 2 is 0.676 bits per heavy atom. The van der Waals surface area contributed by atoms with Gasteiger partial charge in [0.05, 0.1) is 124 Å². The third kappa shape index (κ3) is 25.6. The fraction of sp³-hybridized carbons (Fsp3) is 0.814. The summed E-state index contributed by atoms with van der Waals surface area (Å²) in [5.74, 6) is 4.91. The molecule has 17 fully saturated rings. The van der Waals surface area contributed by atoms with Crippen LogP contribution in [0.4, 0.5) is 0 Å². The average molecular weight is 1920 g/mol. The molecule has 0 spiro atoms. The Morgan fingerprint density at radius 3 is 1.08 bits per heavy atom. The van der Waals surface area contributed by atoms with Gasteiger partial charge < -0.3 is 47.4 Å². The van der Waals surface area contributed by atoms with Gasteiger partial charge in [-0.1, -0.05) is 41.0 Å². The van der Waals surface area contributed by atoms with E-state index >= 15 is 0 Å². The van der Waals surface area contributed by atoms with Crippen LogP contribution in [0.1, 0.15) is 286 Å². The number of imide groups is 5. The van der Waals surface area contributed by atoms with Crippen molar-refractivity contribution in [2.45, 2.75) is 310 Å². The van der Waals surface area contributed by atoms with E-state index in [1.165, 1.54) is 155 Å². The van der Waals surface area contributed by atoms with Crippen molar-refractivity contribution in [3.63, 3.8) is 0 Å². The number of amides is 10. The molecule has 6 saturated heterocycles. The molecule has 6 aliphatic heterocycles. The lowest BCUT2D eigenvalue weighted by Crippen LogP contribution is -2.66. The number of hydrogen-bond acceptors (Lipinski definition) is 29. The van der Waals surface area contributed by atoms with E-state index in [0.29, 0.717) is 123 Å². The van der Waals surface area contributed by atoms with Crippen LogP contribution in [0.2, 0.25) is 0 Å². The Morgan fingerprint density at radius 1 is 0.331 bits per heavy atom. The maximum atomic E-state index is 12.8. The predicted molar refractivity (Wildman–Crippen MR) is 491 cm³/mol. The summed E-state index contributed by atoms with van der Waals surface area (Å²) < 4.78 is 46.7. The van der Waals surface area contributed by atoms with Crippen molar-refractivity contribution in [1.29, 1.82) is 0 Å². The molecular formula is C102H157N5O29. The van der Waals surface area contributed by atoms with Crippen LogP contribution in [0.3, 0.4) is 0 Å². The van der Waals surface area contributed by atoms with Gasteiger partial charge in [0.2, 0.25) is 35.4 Å². The first kappa shape index (κ1) is 112. The lowest BCUT2D eigenvalue weighted by atomic mass is 9.74. The van der Waals surface area contributed by atoms with E-state index < -0.39 is 33.5 Å². The van der Waals surface area contributed by atoms with Crippen LogP contribution in [0.15, 0.2) is 0 Å². The van der Waals surface area contributed by atoms with Crippen molar-refractivity contribution in [2.24, 2.45) is 140 Å². The summed E-state index contributed by atoms with van der Waals surface area (Å²) >= 11 is 0. The largest absolute Gasteiger partial charge is 0.469 e. The fourth-order valence-electron chi connectivity index (χ4n) is 23.3. The Kier molecular flexibility index (Phi) is 39.3. The minimum Gasteiger partial charge on any atom is -0.469 e. The predicted octanol–water partition coefficient (Wildman–Crippen LogP) is 11.8. The van der Waals surface area contributed by atoms with Gasteiger partial charge in [-0.2, -0.15) is 0 Å². The molecule has 23 atom stereocenters. The van der Waals surface area contributed by atoms with Gasteiger partial charge in [0, 0.05) is 46.6 Å². The second kappa shape index (κ2) is 47.7. The van der Waals surface area contributed by atoms with Gasteiger partial charge >= 0.3 is 53.7 Å². The summed E-state index contributed by atoms with van der Waals surface area (Å²) in [6, 6.07) is 0.320. The van der Waals surface area contributed by atoms with Gasteiger partial charge in [0.1, 0.15) is 0 Å². The number of hydrogen-bond donors (Lipinski definition) is 0. The first-order valence-electron chi connectivity index (χ1n) is 49.6. The number of methoxy groups -OCH3 is 5. The number of rotatable bonds is 19. The lowest BCUT2D eigenvalue weighted by molar-refractivity contribution is -0.176. The SMILES string of the molecule is CCC(C)(C)C(=O)OC.CCC(C)(C)C(=O)OCC(=O)N1C(=O)C2C3CCC(C3)C21.CCC(C)(C)C(=O)OCC(=O)N1C(=O)C2CC3C4CCC(C4)C3C21.CCC(C)(C)C(=O)OCC(=O)N1C(=O)C2COCC21.CCC(C)(C)C(=O)OCC(=O)N1CC2C3CCC(C3)C2CCC1=O.COC(C)=O.COC(C)=O.COC(C)=O.COC(C)=O.O=C(C1CC2CCC1C2)N1C(=O)C2C3CCC(C3)C21. The summed E-state index contributed by atoms with van der Waals surface area (Å²) in [6.45, 7) is 33.1. The monoisotopic (exact) mass is 1920 g/mol. The van der Waals surface area contributed by atoms with Gasteiger partial charge in [-0.05, 0) is 293 Å². The van der Waals surface area contributed by atoms with Gasteiger partial charge in [0.15, 0.2) is 26.4 Å². The van der Waals surface area contributed by atoms with E-state index in [1.807, 2.05) is 48.5 Å². The van der Waals surface area contributed by atoms with Gasteiger partial charge in [0.25, 0.3) is 23.6 Å². The van der Waals surface area contributed by atoms with E-state index in [0.717, 1.165) is 67.6 Å². The second-order valence-corrected chi connectivity index (χ2v) is 43.3. The smallest absolute Gasteiger partial charge is 0.312 e. The molecule has 0 radical (unpaired) electrons. The van der Waals surface area contributed by atoms with E-state index in [9.17, 15) is 91.1 Å². The molecule has 0 aromatic carbocycles. The molecule has 11 aliphatic carbocycles. The summed E-state index contributed by atoms with van der Waals surface area (Å²) in [6.07, 6.45) is 25.2. The van der Waals surface area contributed by atoms with Crippen LogP contribution in [0, 0.1) is 140 Å². The van der Waals surface area contributed by atoms with Crippen LogP contribution in [0.25, 0.3) is 0 Å². The van der Waals surface area contributed by atoms with Crippen LogP contribution < -0.4 is 0 Å². The van der Waals surface area contributed by atoms with Crippen molar-refractivity contribution < 1.29 is 138 Å². The quantitative estimate of drug-likeness (QED) is 0.0501. The van der Waals surface area contributed by atoms with Crippen LogP contribution in [-0.2, 0) is 138 Å². The number of likely N-dealkylation sites (tertiary alicyclic amines) is 5. The second-order valence-electron chi connectivity index (χ2n) is 43.3. The summed E-state index contributed by atoms with van der Waals surface area (Å²) in [5, 5.41) is 0. The van der Waals surface area contributed by atoms with E-state index in [-0.39, 0.29) is 180 Å². The number of carbonyl (C=O) groups is 19. The first-order chi connectivity index (χ1) is 63.8. The number of fused-ring (bicyclic) bond motifs is 25. The molecule has 23 unspecified atom stereocenters. The van der Waals surface area contributed by atoms with E-state index in [2.05, 4.69) is 23.7 Å². The normalized spacial score (nSPS) is 30.7. The zero-order valence-electron chi connectivity index (χ0n) is 85.3. The summed E-state index contributed by atoms with van der Waals surface area (Å²) in [7, 11) is 6.81. The molecule has 0 aromatic heterocycles. The molecular weight excluding hydrogens is 1760 g/mol. The van der Waals surface area contributed by atoms with Crippen molar-refractivity contribution in [3.8, 4) is 0 Å². The number of nitrogens with zero attached hydrogens (tertiary/aromatic N) is 5. The Hall–Kier alpha value is -9.11. The minimum absolute atomic E-state index is 0.0374. The van der Waals surface area contributed by atoms with Crippen LogP contribution in [0.5, 0.6) is 0 Å². The standard InChI is InChI=1S/C19H27NO4.C19H29NO4.C16H23NO4.C16H21NO2.C13H19NO5.C7H14O2.4C3H6O2/c1-4-19(2,3)18(23)24-9-14(21)20-16-13(17(20)22)8-12-10-5-6-11(7-10)15(12)16;1-4-19(2,3)18(23)24-11-17(22)20-10-15-13-6-5-12(9-13)14(15)7-8-16(20)21;1-4-16(2,3)15(20)21-8-11(18)17-13-10-6-5-9(7-10)12(13)14(17)19;18-15(12-6-8-1-2-9(12)5-8)17-14-11-4-3-10(7-11)13(14)16(17)19;1-4-13(2,3)12(17)19-7-10(15)14-9-6-18-5-8(9)11(14)16;1-5-7(2,3)6(8)9-4;4*1-3(4)5-2/h10-13,15-16H,4-9H2,1-3H3;12-15H,4-11H2,1-3H3;9-10,12-13H,4-8H2,1-3H3;8-14H,1-7H2;8-9H,4-7H2,1-3H3;5H2,1-4H3;4*1-2H3. The van der Waals surface area contributed by atoms with Gasteiger partial charge in [-0.25, -0.2) is 0 Å². The zero-order valence-corrected chi connectivity index (χ0v) is 85.3. The van der Waals surface area contributed by atoms with Gasteiger partial charge in [-0.15, -0.1) is 0 Å². The number of esters is 9. The number of β-lactam (4-membered cyclic amide) rings is 4. The third-order valence-corrected chi connectivity index (χ3v) is 33.6. The molecule has 10 amide bonds. The molecule has 10 bridgehead atoms. The highest BCUT2D eigenvalue weighted by Crippen LogP contribution is 2.65. The molecule has 34 nitrogen and oxygen atoms in total. The Balaban J connectivity index is 0.000000195. The number of ether oxygens (including phenoxy) is 10. The summed E-state index contributed by atoms with van der Waals surface area (Å²) in [4.78, 5) is 227. The lowest BCUT2D eigenvalue weighted by Gasteiger charge is -2.49. The molecule has 17 aliphatic rings. The fourth-order valence-corrected chi connectivity index (χ4v) is 23.3. The highest BCUT2D eigenvalue weighted by Gasteiger charge is 2.69. The third-order valence-electron chi connectivity index (χ3n) is 33.6. The Labute approximate surface area is 803 Å². The van der Waals surface area contributed by atoms with Crippen LogP contribution >= 0.6 is 0 Å². The van der Waals surface area contributed by atoms with Crippen molar-refractivity contribution in [3.05, 3.63) is 0 Å². The maximum absolute atomic E-state index is 12.8. The molecule has 136 heavy (non-hydrogen) atoms. The molecule has 0 aromatic rings. The van der Waals surface area contributed by atoms with Gasteiger partial charge in [-0.3, -0.25) is 116 Å². The molecule has 34 heteroatoms. The first-order valence-corrected chi connectivity index (χ1v) is 49.6. The average Bonchev–Trinajstić information content (AvgIpc) is 1.60. The van der Waals surface area contributed by atoms with E-state index in [1.54, 1.807) is 60.3 Å². The molecule has 17 rings (SSSR count). The highest BCUT2D eigenvalue weighted by atomic mass is 16.6. The topological polar surface area (TPSA) is 433 Å². The van der Waals surface area contributed by atoms with E-state index in [4.69, 9.17) is 23.7 Å². The molecule has 764 valence electrons. The summed E-state index contributed by atoms with van der Waals surface area (Å²) in [5.41, 5.74) is -2.70. The zero-order chi connectivity index (χ0) is 102. The Bertz CT molecular complexity index is 4270. The molecule has 0 N–H and O–H groups in total. The van der Waals surface area contributed by atoms with Crippen molar-refractivity contribution >= 4 is 113 Å². The maximum Gasteiger partial charge on any atom is 0.312 e. The van der Waals surface area contributed by atoms with Crippen molar-refractivity contribution in [1.82, 2.24) is 24.5 Å². The molecule has 11 saturated carbocycles.